The molecular weight excluding hydrogens is 370 g/mol. The van der Waals surface area contributed by atoms with Crippen LogP contribution in [-0.2, 0) is 0 Å². The molecule has 6 heteroatoms. The minimum atomic E-state index is -0.951. The van der Waals surface area contributed by atoms with E-state index in [0.717, 1.165) is 35.4 Å². The summed E-state index contributed by atoms with van der Waals surface area (Å²) in [5.74, 6) is -0.660. The van der Waals surface area contributed by atoms with E-state index >= 15 is 0 Å². The van der Waals surface area contributed by atoms with Gasteiger partial charge in [0.2, 0.25) is 0 Å². The largest absolute Gasteiger partial charge is 0.508 e. The second-order valence-corrected chi connectivity index (χ2v) is 7.38. The van der Waals surface area contributed by atoms with Gasteiger partial charge in [-0.25, -0.2) is 9.78 Å². The summed E-state index contributed by atoms with van der Waals surface area (Å²) >= 11 is 7.02. The number of hydrogen-bond donors (Lipinski definition) is 2. The summed E-state index contributed by atoms with van der Waals surface area (Å²) < 4.78 is 0. The van der Waals surface area contributed by atoms with Crippen LogP contribution in [0.4, 0.5) is 0 Å². The van der Waals surface area contributed by atoms with Crippen molar-refractivity contribution in [1.29, 1.82) is 0 Å². The highest BCUT2D eigenvalue weighted by atomic mass is 35.5. The van der Waals surface area contributed by atoms with Gasteiger partial charge >= 0.3 is 5.97 Å². The summed E-state index contributed by atoms with van der Waals surface area (Å²) in [4.78, 5) is 16.2. The fraction of sp³-hybridized carbons (Fsp3) is 0.300. The first-order valence-electron chi connectivity index (χ1n) is 8.26. The first-order chi connectivity index (χ1) is 12.3. The first-order valence-corrected chi connectivity index (χ1v) is 9.86. The number of halogens is 1. The summed E-state index contributed by atoms with van der Waals surface area (Å²) in [7, 11) is 0. The van der Waals surface area contributed by atoms with E-state index in [1.54, 1.807) is 25.1 Å². The number of allylic oxidation sites excluding steroid dienone is 2. The number of aromatic nitrogens is 1. The predicted octanol–water partition coefficient (Wildman–Crippen LogP) is 5.81. The van der Waals surface area contributed by atoms with E-state index in [9.17, 15) is 4.79 Å². The van der Waals surface area contributed by atoms with Gasteiger partial charge in [0.05, 0.1) is 5.69 Å². The van der Waals surface area contributed by atoms with E-state index in [-0.39, 0.29) is 5.69 Å². The average molecular weight is 392 g/mol. The normalized spacial score (nSPS) is 13.4. The molecule has 0 radical (unpaired) electrons. The third-order valence-corrected chi connectivity index (χ3v) is 5.25. The lowest BCUT2D eigenvalue weighted by atomic mass is 10.1. The number of benzene rings is 1. The number of aromatic hydroxyl groups is 1. The van der Waals surface area contributed by atoms with Crippen molar-refractivity contribution in [3.05, 3.63) is 57.9 Å². The highest BCUT2D eigenvalue weighted by Gasteiger charge is 2.17. The van der Waals surface area contributed by atoms with Crippen LogP contribution in [0.5, 0.6) is 5.75 Å². The SMILES string of the molecule is CSc1ccc(C2=C(C)CCC2)nc1C(=O)O.Cc1cc(Cl)ccc1O. The number of nitrogens with zero attached hydrogens (tertiary/aromatic N) is 1. The number of carboxylic acid groups (broad SMARTS) is 1. The third kappa shape index (κ3) is 5.02. The molecule has 2 N–H and O–H groups in total. The van der Waals surface area contributed by atoms with Crippen molar-refractivity contribution in [1.82, 2.24) is 4.98 Å². The molecule has 2 aromatic rings. The van der Waals surface area contributed by atoms with E-state index < -0.39 is 5.97 Å². The molecule has 0 fully saturated rings. The van der Waals surface area contributed by atoms with Gasteiger partial charge in [0, 0.05) is 9.92 Å². The Morgan fingerprint density at radius 2 is 1.92 bits per heavy atom. The van der Waals surface area contributed by atoms with E-state index in [2.05, 4.69) is 11.9 Å². The summed E-state index contributed by atoms with van der Waals surface area (Å²) in [6, 6.07) is 8.75. The maximum atomic E-state index is 11.1. The van der Waals surface area contributed by atoms with Crippen LogP contribution in [0.3, 0.4) is 0 Å². The molecule has 1 aromatic carbocycles. The molecule has 0 saturated heterocycles. The molecule has 1 heterocycles. The molecule has 138 valence electrons. The molecule has 0 aliphatic heterocycles. The Labute approximate surface area is 162 Å². The minimum absolute atomic E-state index is 0.169. The van der Waals surface area contributed by atoms with Crippen molar-refractivity contribution in [3.63, 3.8) is 0 Å². The maximum absolute atomic E-state index is 11.1. The zero-order valence-electron chi connectivity index (χ0n) is 15.0. The number of hydrogen-bond acceptors (Lipinski definition) is 4. The molecule has 4 nitrogen and oxygen atoms in total. The summed E-state index contributed by atoms with van der Waals surface area (Å²) in [6.07, 6.45) is 5.12. The average Bonchev–Trinajstić information content (AvgIpc) is 3.04. The highest BCUT2D eigenvalue weighted by Crippen LogP contribution is 2.33. The second kappa shape index (κ2) is 9.10. The van der Waals surface area contributed by atoms with Crippen LogP contribution in [-0.4, -0.2) is 27.4 Å². The molecule has 1 aliphatic carbocycles. The van der Waals surface area contributed by atoms with Crippen LogP contribution in [0.15, 0.2) is 40.8 Å². The van der Waals surface area contributed by atoms with Crippen molar-refractivity contribution in [3.8, 4) is 5.75 Å². The van der Waals surface area contributed by atoms with Gasteiger partial charge in [-0.3, -0.25) is 0 Å². The Morgan fingerprint density at radius 3 is 2.42 bits per heavy atom. The molecular formula is C20H22ClNO3S. The van der Waals surface area contributed by atoms with Crippen LogP contribution >= 0.6 is 23.4 Å². The predicted molar refractivity (Wildman–Crippen MR) is 107 cm³/mol. The Kier molecular flexibility index (Phi) is 7.12. The van der Waals surface area contributed by atoms with Gasteiger partial charge in [0.15, 0.2) is 5.69 Å². The van der Waals surface area contributed by atoms with Crippen molar-refractivity contribution < 1.29 is 15.0 Å². The van der Waals surface area contributed by atoms with Crippen LogP contribution < -0.4 is 0 Å². The van der Waals surface area contributed by atoms with Gasteiger partial charge in [0.25, 0.3) is 0 Å². The number of phenols is 1. The topological polar surface area (TPSA) is 70.4 Å². The van der Waals surface area contributed by atoms with Gasteiger partial charge in [-0.2, -0.15) is 0 Å². The molecule has 0 amide bonds. The van der Waals surface area contributed by atoms with Crippen LogP contribution in [0.25, 0.3) is 5.57 Å². The Bertz CT molecular complexity index is 849. The van der Waals surface area contributed by atoms with Crippen molar-refractivity contribution >= 4 is 34.9 Å². The lowest BCUT2D eigenvalue weighted by molar-refractivity contribution is 0.0686. The number of aromatic carboxylic acids is 1. The standard InChI is InChI=1S/C13H15NO2S.C7H7ClO/c1-8-4-3-5-9(8)10-6-7-11(17-2)12(14-10)13(15)16;1-5-4-6(8)2-3-7(5)9/h6-7H,3-5H2,1-2H3,(H,15,16);2-4,9H,1H3. The molecule has 0 saturated carbocycles. The zero-order chi connectivity index (χ0) is 19.3. The Hall–Kier alpha value is -1.98. The zero-order valence-corrected chi connectivity index (χ0v) is 16.6. The van der Waals surface area contributed by atoms with Crippen LogP contribution in [0.2, 0.25) is 5.02 Å². The molecule has 3 rings (SSSR count). The van der Waals surface area contributed by atoms with Gasteiger partial charge in [-0.1, -0.05) is 17.2 Å². The molecule has 1 aliphatic rings. The second-order valence-electron chi connectivity index (χ2n) is 6.10. The summed E-state index contributed by atoms with van der Waals surface area (Å²) in [5, 5.41) is 18.8. The van der Waals surface area contributed by atoms with Crippen molar-refractivity contribution in [2.24, 2.45) is 0 Å². The summed E-state index contributed by atoms with van der Waals surface area (Å²) in [5.41, 5.74) is 4.37. The monoisotopic (exact) mass is 391 g/mol. The van der Waals surface area contributed by atoms with Gasteiger partial charge in [-0.05, 0) is 80.8 Å². The number of aryl methyl sites for hydroxylation is 1. The lowest BCUT2D eigenvalue weighted by Gasteiger charge is -2.07. The maximum Gasteiger partial charge on any atom is 0.355 e. The van der Waals surface area contributed by atoms with Gasteiger partial charge in [-0.15, -0.1) is 11.8 Å². The van der Waals surface area contributed by atoms with E-state index in [1.807, 2.05) is 18.4 Å². The van der Waals surface area contributed by atoms with E-state index in [4.69, 9.17) is 21.8 Å². The molecule has 0 atom stereocenters. The smallest absolute Gasteiger partial charge is 0.355 e. The van der Waals surface area contributed by atoms with E-state index in [1.165, 1.54) is 22.9 Å². The van der Waals surface area contributed by atoms with Gasteiger partial charge < -0.3 is 10.2 Å². The molecule has 0 unspecified atom stereocenters. The fourth-order valence-corrected chi connectivity index (χ4v) is 3.55. The number of carbonyl (C=O) groups is 1. The van der Waals surface area contributed by atoms with Crippen molar-refractivity contribution in [2.45, 2.75) is 38.0 Å². The van der Waals surface area contributed by atoms with E-state index in [0.29, 0.717) is 10.8 Å². The molecule has 0 bridgehead atoms. The molecule has 0 spiro atoms. The van der Waals surface area contributed by atoms with Crippen LogP contribution in [0, 0.1) is 6.92 Å². The van der Waals surface area contributed by atoms with Gasteiger partial charge in [0.1, 0.15) is 5.75 Å². The number of carboxylic acids is 1. The highest BCUT2D eigenvalue weighted by molar-refractivity contribution is 7.98. The summed E-state index contributed by atoms with van der Waals surface area (Å²) in [6.45, 7) is 3.91. The molecule has 1 aromatic heterocycles. The number of thioether (sulfide) groups is 1. The number of phenolic OH excluding ortho intramolecular Hbond substituents is 1. The molecule has 26 heavy (non-hydrogen) atoms. The number of rotatable bonds is 3. The van der Waals surface area contributed by atoms with Crippen LogP contribution in [0.1, 0.15) is 47.9 Å². The minimum Gasteiger partial charge on any atom is -0.508 e. The first kappa shape index (κ1) is 20.3. The van der Waals surface area contributed by atoms with Crippen molar-refractivity contribution in [2.75, 3.05) is 6.26 Å². The quantitative estimate of drug-likeness (QED) is 0.645. The number of pyridine rings is 1. The third-order valence-electron chi connectivity index (χ3n) is 4.24. The Balaban J connectivity index is 0.000000228. The lowest BCUT2D eigenvalue weighted by Crippen LogP contribution is -2.04. The fourth-order valence-electron chi connectivity index (χ4n) is 2.79. The Morgan fingerprint density at radius 1 is 1.19 bits per heavy atom.